The van der Waals surface area contributed by atoms with E-state index in [-0.39, 0.29) is 0 Å². The Bertz CT molecular complexity index is 295. The minimum absolute atomic E-state index is 0.394. The van der Waals surface area contributed by atoms with E-state index in [2.05, 4.69) is 0 Å². The number of Topliss-reactive ketones (excluding diaryl/α,β-unsaturated/α-hetero) is 2. The highest BCUT2D eigenvalue weighted by molar-refractivity contribution is 5.81. The van der Waals surface area contributed by atoms with Gasteiger partial charge in [-0.2, -0.15) is 0 Å². The maximum Gasteiger partial charge on any atom is 0.133 e. The molecule has 0 aromatic carbocycles. The molecule has 0 aromatic heterocycles. The first-order valence-electron chi connectivity index (χ1n) is 7.24. The highest BCUT2D eigenvalue weighted by atomic mass is 16.1. The zero-order valence-corrected chi connectivity index (χ0v) is 10.9. The molecular formula is C15H24O2. The maximum absolute atomic E-state index is 11.4. The van der Waals surface area contributed by atoms with Crippen LogP contribution in [0.25, 0.3) is 0 Å². The van der Waals surface area contributed by atoms with Crippen LogP contribution in [-0.4, -0.2) is 11.6 Å². The molecule has 2 rings (SSSR count). The predicted molar refractivity (Wildman–Crippen MR) is 67.7 cm³/mol. The lowest BCUT2D eigenvalue weighted by Crippen LogP contribution is -2.09. The van der Waals surface area contributed by atoms with E-state index >= 15 is 0 Å². The van der Waals surface area contributed by atoms with Gasteiger partial charge in [0.25, 0.3) is 0 Å². The lowest BCUT2D eigenvalue weighted by molar-refractivity contribution is -0.119. The number of carbonyl (C=O) groups excluding carboxylic acids is 2. The van der Waals surface area contributed by atoms with Gasteiger partial charge < -0.3 is 0 Å². The van der Waals surface area contributed by atoms with Crippen LogP contribution in [0.2, 0.25) is 0 Å². The second-order valence-electron chi connectivity index (χ2n) is 5.85. The topological polar surface area (TPSA) is 34.1 Å². The monoisotopic (exact) mass is 236 g/mol. The number of hydrogen-bond donors (Lipinski definition) is 0. The Morgan fingerprint density at radius 1 is 1.24 bits per heavy atom. The number of carbonyl (C=O) groups is 2. The molecular weight excluding hydrogens is 212 g/mol. The Kier molecular flexibility index (Phi) is 4.36. The first-order chi connectivity index (χ1) is 8.20. The van der Waals surface area contributed by atoms with E-state index in [1.807, 2.05) is 6.92 Å². The summed E-state index contributed by atoms with van der Waals surface area (Å²) in [6.07, 6.45) is 9.21. The fourth-order valence-corrected chi connectivity index (χ4v) is 3.73. The molecule has 2 aliphatic carbocycles. The highest BCUT2D eigenvalue weighted by Gasteiger charge is 2.42. The normalized spacial score (nSPS) is 31.8. The van der Waals surface area contributed by atoms with Gasteiger partial charge in [0.15, 0.2) is 0 Å². The van der Waals surface area contributed by atoms with Crippen molar-refractivity contribution in [2.75, 3.05) is 0 Å². The summed E-state index contributed by atoms with van der Waals surface area (Å²) < 4.78 is 0. The average Bonchev–Trinajstić information content (AvgIpc) is 2.84. The molecule has 2 fully saturated rings. The summed E-state index contributed by atoms with van der Waals surface area (Å²) >= 11 is 0. The summed E-state index contributed by atoms with van der Waals surface area (Å²) in [5.41, 5.74) is 0. The van der Waals surface area contributed by atoms with Gasteiger partial charge in [0.05, 0.1) is 0 Å². The first kappa shape index (κ1) is 12.8. The van der Waals surface area contributed by atoms with E-state index in [1.165, 1.54) is 25.7 Å². The second kappa shape index (κ2) is 5.79. The molecule has 17 heavy (non-hydrogen) atoms. The lowest BCUT2D eigenvalue weighted by Gasteiger charge is -2.17. The zero-order chi connectivity index (χ0) is 12.3. The first-order valence-corrected chi connectivity index (χ1v) is 7.24. The van der Waals surface area contributed by atoms with Crippen LogP contribution >= 0.6 is 0 Å². The van der Waals surface area contributed by atoms with Crippen molar-refractivity contribution in [3.8, 4) is 0 Å². The van der Waals surface area contributed by atoms with E-state index < -0.39 is 0 Å². The molecule has 0 saturated heterocycles. The van der Waals surface area contributed by atoms with Crippen molar-refractivity contribution in [3.05, 3.63) is 0 Å². The molecule has 0 radical (unpaired) electrons. The molecule has 0 heterocycles. The quantitative estimate of drug-likeness (QED) is 0.661. The van der Waals surface area contributed by atoms with Crippen LogP contribution in [-0.2, 0) is 9.59 Å². The minimum atomic E-state index is 0.394. The van der Waals surface area contributed by atoms with Crippen molar-refractivity contribution >= 4 is 11.6 Å². The summed E-state index contributed by atoms with van der Waals surface area (Å²) in [4.78, 5) is 22.6. The van der Waals surface area contributed by atoms with Gasteiger partial charge in [0, 0.05) is 25.7 Å². The van der Waals surface area contributed by atoms with Crippen molar-refractivity contribution in [2.45, 2.75) is 64.7 Å². The van der Waals surface area contributed by atoms with Crippen LogP contribution in [0.4, 0.5) is 0 Å². The standard InChI is InChI=1S/C15H24O2/c1-2-13(16)6-4-3-5-11-7-8-12-9-14(17)10-15(11)12/h11-12,15H,2-10H2,1H3. The van der Waals surface area contributed by atoms with Crippen molar-refractivity contribution < 1.29 is 9.59 Å². The van der Waals surface area contributed by atoms with Gasteiger partial charge in [-0.25, -0.2) is 0 Å². The molecule has 2 saturated carbocycles. The van der Waals surface area contributed by atoms with Gasteiger partial charge in [-0.1, -0.05) is 19.8 Å². The van der Waals surface area contributed by atoms with E-state index in [0.717, 1.165) is 31.6 Å². The van der Waals surface area contributed by atoms with Crippen molar-refractivity contribution in [1.29, 1.82) is 0 Å². The molecule has 0 N–H and O–H groups in total. The van der Waals surface area contributed by atoms with Crippen LogP contribution in [0.15, 0.2) is 0 Å². The van der Waals surface area contributed by atoms with Gasteiger partial charge in [-0.3, -0.25) is 9.59 Å². The third-order valence-corrected chi connectivity index (χ3v) is 4.75. The molecule has 3 atom stereocenters. The average molecular weight is 236 g/mol. The van der Waals surface area contributed by atoms with Gasteiger partial charge in [-0.15, -0.1) is 0 Å². The molecule has 0 bridgehead atoms. The predicted octanol–water partition coefficient (Wildman–Crippen LogP) is 3.53. The number of hydrogen-bond acceptors (Lipinski definition) is 2. The number of fused-ring (bicyclic) bond motifs is 1. The van der Waals surface area contributed by atoms with Crippen LogP contribution in [0.1, 0.15) is 64.7 Å². The molecule has 0 aliphatic heterocycles. The molecule has 3 unspecified atom stereocenters. The van der Waals surface area contributed by atoms with Gasteiger partial charge in [0.2, 0.25) is 0 Å². The molecule has 2 heteroatoms. The minimum Gasteiger partial charge on any atom is -0.300 e. The van der Waals surface area contributed by atoms with Crippen LogP contribution in [0.3, 0.4) is 0 Å². The van der Waals surface area contributed by atoms with Crippen LogP contribution < -0.4 is 0 Å². The molecule has 96 valence electrons. The van der Waals surface area contributed by atoms with Gasteiger partial charge in [-0.05, 0) is 37.0 Å². The Hall–Kier alpha value is -0.660. The van der Waals surface area contributed by atoms with Gasteiger partial charge >= 0.3 is 0 Å². The summed E-state index contributed by atoms with van der Waals surface area (Å²) in [5.74, 6) is 3.08. The number of rotatable bonds is 6. The fraction of sp³-hybridized carbons (Fsp3) is 0.867. The molecule has 0 aromatic rings. The Labute approximate surface area is 104 Å². The molecule has 2 aliphatic rings. The van der Waals surface area contributed by atoms with Gasteiger partial charge in [0.1, 0.15) is 11.6 Å². The van der Waals surface area contributed by atoms with Crippen LogP contribution in [0, 0.1) is 17.8 Å². The third-order valence-electron chi connectivity index (χ3n) is 4.75. The number of unbranched alkanes of at least 4 members (excludes halogenated alkanes) is 1. The van der Waals surface area contributed by atoms with E-state index in [4.69, 9.17) is 0 Å². The SMILES string of the molecule is CCC(=O)CCCCC1CCC2CC(=O)CC12. The highest BCUT2D eigenvalue weighted by Crippen LogP contribution is 2.47. The van der Waals surface area contributed by atoms with E-state index in [9.17, 15) is 9.59 Å². The van der Waals surface area contributed by atoms with Crippen molar-refractivity contribution in [1.82, 2.24) is 0 Å². The Morgan fingerprint density at radius 3 is 2.82 bits per heavy atom. The maximum atomic E-state index is 11.4. The summed E-state index contributed by atoms with van der Waals surface area (Å²) in [6.45, 7) is 1.94. The van der Waals surface area contributed by atoms with Crippen LogP contribution in [0.5, 0.6) is 0 Å². The number of ketones is 2. The molecule has 0 amide bonds. The van der Waals surface area contributed by atoms with E-state index in [0.29, 0.717) is 29.8 Å². The lowest BCUT2D eigenvalue weighted by atomic mass is 9.88. The molecule has 0 spiro atoms. The Morgan fingerprint density at radius 2 is 2.06 bits per heavy atom. The largest absolute Gasteiger partial charge is 0.300 e. The molecule has 2 nitrogen and oxygen atoms in total. The fourth-order valence-electron chi connectivity index (χ4n) is 3.73. The Balaban J connectivity index is 1.66. The third kappa shape index (κ3) is 3.17. The summed E-state index contributed by atoms with van der Waals surface area (Å²) in [5, 5.41) is 0. The summed E-state index contributed by atoms with van der Waals surface area (Å²) in [7, 11) is 0. The zero-order valence-electron chi connectivity index (χ0n) is 10.9. The second-order valence-corrected chi connectivity index (χ2v) is 5.85. The smallest absolute Gasteiger partial charge is 0.133 e. The van der Waals surface area contributed by atoms with Crippen molar-refractivity contribution in [2.24, 2.45) is 17.8 Å². The van der Waals surface area contributed by atoms with Crippen molar-refractivity contribution in [3.63, 3.8) is 0 Å². The van der Waals surface area contributed by atoms with E-state index in [1.54, 1.807) is 0 Å². The summed E-state index contributed by atoms with van der Waals surface area (Å²) in [6, 6.07) is 0.